The molecule has 1 unspecified atom stereocenters. The highest BCUT2D eigenvalue weighted by Gasteiger charge is 2.43. The number of alkyl halides is 1. The smallest absolute Gasteiger partial charge is 0.326 e. The van der Waals surface area contributed by atoms with E-state index in [4.69, 9.17) is 23.2 Å². The maximum absolute atomic E-state index is 15.7. The molecule has 0 radical (unpaired) electrons. The molecule has 2 aromatic heterocycles. The van der Waals surface area contributed by atoms with Crippen molar-refractivity contribution in [2.45, 2.75) is 37.5 Å². The van der Waals surface area contributed by atoms with Gasteiger partial charge in [-0.3, -0.25) is 9.59 Å². The molecule has 1 aliphatic rings. The number of carboxylic acid groups (broad SMARTS) is 1. The molecule has 0 saturated carbocycles. The summed E-state index contributed by atoms with van der Waals surface area (Å²) in [4.78, 5) is 43.3. The molecule has 2 N–H and O–H groups in total. The Labute approximate surface area is 255 Å². The normalized spacial score (nSPS) is 15.6. The third-order valence-corrected chi connectivity index (χ3v) is 9.19. The van der Waals surface area contributed by atoms with Crippen LogP contribution < -0.4 is 5.32 Å². The standard InChI is InChI=1S/C30H27Cl2FN4O4S/c31-25-20(14-21-8-13-42-27(21)26(25)32)6-7-24(38)37-11-9-30(33,10-12-37)29(41)35-23(28(39)40)15-22-17-36(18-34-22)16-19-4-2-1-3-5-19/h1-8,13-14,17-18,23H,9-12,15-16H2,(H,35,41)(H,39,40)/b7-6+. The van der Waals surface area contributed by atoms with Crippen molar-refractivity contribution in [3.8, 4) is 0 Å². The van der Waals surface area contributed by atoms with E-state index in [0.29, 0.717) is 27.8 Å². The Balaban J connectivity index is 1.16. The van der Waals surface area contributed by atoms with Gasteiger partial charge in [0.15, 0.2) is 5.67 Å². The van der Waals surface area contributed by atoms with Crippen molar-refractivity contribution < 1.29 is 23.9 Å². The molecule has 8 nitrogen and oxygen atoms in total. The van der Waals surface area contributed by atoms with Crippen LogP contribution in [0.5, 0.6) is 0 Å². The number of amides is 2. The van der Waals surface area contributed by atoms with Gasteiger partial charge >= 0.3 is 5.97 Å². The summed E-state index contributed by atoms with van der Waals surface area (Å²) in [5.41, 5.74) is -0.209. The van der Waals surface area contributed by atoms with E-state index in [1.807, 2.05) is 52.4 Å². The SMILES string of the molecule is O=C(O)C(Cc1cn(Cc2ccccc2)cn1)NC(=O)C1(F)CCN(C(=O)/C=C/c2cc3ccsc3c(Cl)c2Cl)CC1. The molecule has 5 rings (SSSR count). The van der Waals surface area contributed by atoms with Crippen LogP contribution in [0.2, 0.25) is 10.0 Å². The summed E-state index contributed by atoms with van der Waals surface area (Å²) in [5, 5.41) is 15.6. The number of imidazole rings is 1. The second-order valence-electron chi connectivity index (χ2n) is 10.1. The van der Waals surface area contributed by atoms with Gasteiger partial charge in [0.2, 0.25) is 5.91 Å². The summed E-state index contributed by atoms with van der Waals surface area (Å²) >= 11 is 14.2. The molecule has 2 amide bonds. The number of rotatable bonds is 9. The number of hydrogen-bond acceptors (Lipinski definition) is 5. The van der Waals surface area contributed by atoms with Crippen LogP contribution in [0.4, 0.5) is 4.39 Å². The molecular weight excluding hydrogens is 602 g/mol. The second kappa shape index (κ2) is 12.6. The lowest BCUT2D eigenvalue weighted by atomic mass is 9.91. The first-order chi connectivity index (χ1) is 20.1. The molecule has 42 heavy (non-hydrogen) atoms. The van der Waals surface area contributed by atoms with E-state index in [9.17, 15) is 19.5 Å². The lowest BCUT2D eigenvalue weighted by Crippen LogP contribution is -2.55. The zero-order valence-electron chi connectivity index (χ0n) is 22.3. The number of likely N-dealkylation sites (tertiary alicyclic amines) is 1. The van der Waals surface area contributed by atoms with Crippen LogP contribution in [0.15, 0.2) is 66.4 Å². The Hall–Kier alpha value is -3.73. The molecule has 4 aromatic rings. The van der Waals surface area contributed by atoms with Gasteiger partial charge in [-0.1, -0.05) is 53.5 Å². The highest BCUT2D eigenvalue weighted by atomic mass is 35.5. The molecular formula is C30H27Cl2FN4O4S. The van der Waals surface area contributed by atoms with Crippen LogP contribution >= 0.6 is 34.5 Å². The van der Waals surface area contributed by atoms with E-state index < -0.39 is 23.6 Å². The highest BCUT2D eigenvalue weighted by molar-refractivity contribution is 7.18. The van der Waals surface area contributed by atoms with Gasteiger partial charge in [-0.05, 0) is 40.1 Å². The number of benzene rings is 2. The molecule has 0 aliphatic carbocycles. The van der Waals surface area contributed by atoms with Crippen LogP contribution in [0.3, 0.4) is 0 Å². The first kappa shape index (κ1) is 29.8. The molecule has 3 heterocycles. The van der Waals surface area contributed by atoms with Gasteiger partial charge in [0.1, 0.15) is 6.04 Å². The number of fused-ring (bicyclic) bond motifs is 1. The molecule has 0 bridgehead atoms. The van der Waals surface area contributed by atoms with E-state index >= 15 is 4.39 Å². The molecule has 218 valence electrons. The average molecular weight is 630 g/mol. The Morgan fingerprint density at radius 2 is 1.88 bits per heavy atom. The van der Waals surface area contributed by atoms with Gasteiger partial charge < -0.3 is 19.9 Å². The Kier molecular flexibility index (Phi) is 8.96. The third kappa shape index (κ3) is 6.67. The maximum atomic E-state index is 15.7. The fraction of sp³-hybridized carbons (Fsp3) is 0.267. The van der Waals surface area contributed by atoms with Gasteiger partial charge in [0.05, 0.1) is 26.8 Å². The van der Waals surface area contributed by atoms with E-state index in [1.165, 1.54) is 22.3 Å². The monoisotopic (exact) mass is 628 g/mol. The lowest BCUT2D eigenvalue weighted by Gasteiger charge is -2.35. The van der Waals surface area contributed by atoms with E-state index in [0.717, 1.165) is 15.6 Å². The second-order valence-corrected chi connectivity index (χ2v) is 11.8. The summed E-state index contributed by atoms with van der Waals surface area (Å²) in [5.74, 6) is -2.65. The van der Waals surface area contributed by atoms with Crippen molar-refractivity contribution >= 4 is 68.5 Å². The number of carboxylic acids is 1. The molecule has 1 atom stereocenters. The molecule has 0 spiro atoms. The van der Waals surface area contributed by atoms with E-state index in [1.54, 1.807) is 18.6 Å². The van der Waals surface area contributed by atoms with Crippen molar-refractivity contribution in [2.24, 2.45) is 0 Å². The van der Waals surface area contributed by atoms with Gasteiger partial charge in [0.25, 0.3) is 5.91 Å². The van der Waals surface area contributed by atoms with Crippen LogP contribution in [0.1, 0.15) is 29.7 Å². The zero-order chi connectivity index (χ0) is 29.9. The summed E-state index contributed by atoms with van der Waals surface area (Å²) < 4.78 is 18.3. The minimum atomic E-state index is -2.30. The number of halogens is 3. The highest BCUT2D eigenvalue weighted by Crippen LogP contribution is 2.37. The first-order valence-corrected chi connectivity index (χ1v) is 14.9. The topological polar surface area (TPSA) is 105 Å². The van der Waals surface area contributed by atoms with Crippen LogP contribution in [-0.4, -0.2) is 62.1 Å². The number of piperidine rings is 1. The van der Waals surface area contributed by atoms with E-state index in [-0.39, 0.29) is 38.3 Å². The summed E-state index contributed by atoms with van der Waals surface area (Å²) in [6.07, 6.45) is 5.59. The Morgan fingerprint density at radius 3 is 2.60 bits per heavy atom. The third-order valence-electron chi connectivity index (χ3n) is 7.24. The van der Waals surface area contributed by atoms with Crippen LogP contribution in [-0.2, 0) is 27.3 Å². The number of carbonyl (C=O) groups excluding carboxylic acids is 2. The number of thiophene rings is 1. The average Bonchev–Trinajstić information content (AvgIpc) is 3.64. The minimum absolute atomic E-state index is 0.00717. The summed E-state index contributed by atoms with van der Waals surface area (Å²) in [6.45, 7) is 0.542. The number of nitrogens with zero attached hydrogens (tertiary/aromatic N) is 3. The van der Waals surface area contributed by atoms with Crippen LogP contribution in [0, 0.1) is 0 Å². The van der Waals surface area contributed by atoms with Crippen LogP contribution in [0.25, 0.3) is 16.2 Å². The fourth-order valence-corrected chi connectivity index (χ4v) is 6.29. The summed E-state index contributed by atoms with van der Waals surface area (Å²) in [6, 6.07) is 12.1. The largest absolute Gasteiger partial charge is 0.480 e. The Morgan fingerprint density at radius 1 is 1.14 bits per heavy atom. The fourth-order valence-electron chi connectivity index (χ4n) is 4.85. The van der Waals surface area contributed by atoms with Crippen molar-refractivity contribution in [2.75, 3.05) is 13.1 Å². The Bertz CT molecular complexity index is 1650. The van der Waals surface area contributed by atoms with Crippen molar-refractivity contribution in [1.82, 2.24) is 19.8 Å². The predicted molar refractivity (Wildman–Crippen MR) is 162 cm³/mol. The maximum Gasteiger partial charge on any atom is 0.326 e. The first-order valence-electron chi connectivity index (χ1n) is 13.2. The number of carbonyl (C=O) groups is 3. The number of nitrogens with one attached hydrogen (secondary N) is 1. The molecule has 2 aromatic carbocycles. The number of aliphatic carboxylic acids is 1. The summed E-state index contributed by atoms with van der Waals surface area (Å²) in [7, 11) is 0. The van der Waals surface area contributed by atoms with E-state index in [2.05, 4.69) is 10.3 Å². The minimum Gasteiger partial charge on any atom is -0.480 e. The van der Waals surface area contributed by atoms with Crippen molar-refractivity contribution in [3.63, 3.8) is 0 Å². The van der Waals surface area contributed by atoms with Gasteiger partial charge in [-0.25, -0.2) is 14.2 Å². The zero-order valence-corrected chi connectivity index (χ0v) is 24.6. The quantitative estimate of drug-likeness (QED) is 0.235. The van der Waals surface area contributed by atoms with Gasteiger partial charge in [-0.2, -0.15) is 0 Å². The predicted octanol–water partition coefficient (Wildman–Crippen LogP) is 5.61. The van der Waals surface area contributed by atoms with Crippen molar-refractivity contribution in [3.05, 3.63) is 93.3 Å². The molecule has 12 heteroatoms. The molecule has 1 aliphatic heterocycles. The van der Waals surface area contributed by atoms with Gasteiger partial charge in [0, 0.05) is 51.2 Å². The lowest BCUT2D eigenvalue weighted by molar-refractivity contribution is -0.146. The molecule has 1 fully saturated rings. The van der Waals surface area contributed by atoms with Gasteiger partial charge in [-0.15, -0.1) is 11.3 Å². The molecule has 1 saturated heterocycles. The number of aromatic nitrogens is 2. The van der Waals surface area contributed by atoms with Crippen molar-refractivity contribution in [1.29, 1.82) is 0 Å². The number of hydrogen-bond donors (Lipinski definition) is 2.